The second-order valence-corrected chi connectivity index (χ2v) is 13.0. The van der Waals surface area contributed by atoms with E-state index in [4.69, 9.17) is 9.07 Å². The molecule has 1 aliphatic rings. The van der Waals surface area contributed by atoms with Crippen LogP contribution in [0.1, 0.15) is 74.9 Å². The Labute approximate surface area is 251 Å². The van der Waals surface area contributed by atoms with Crippen molar-refractivity contribution < 1.29 is 22.2 Å². The van der Waals surface area contributed by atoms with E-state index in [2.05, 4.69) is 77.4 Å². The summed E-state index contributed by atoms with van der Waals surface area (Å²) in [5.74, 6) is 12.7. The normalized spacial score (nSPS) is 13.6. The number of halogens is 2. The molecule has 0 amide bonds. The maximum absolute atomic E-state index is 15.6. The van der Waals surface area contributed by atoms with E-state index in [-0.39, 0.29) is 28.0 Å². The van der Waals surface area contributed by atoms with Crippen LogP contribution in [0.25, 0.3) is 22.6 Å². The third-order valence-electron chi connectivity index (χ3n) is 7.62. The van der Waals surface area contributed by atoms with Gasteiger partial charge in [0.05, 0.1) is 5.56 Å². The fraction of sp³-hybridized carbons (Fsp3) is 0.216. The Balaban J connectivity index is 1.49. The van der Waals surface area contributed by atoms with E-state index in [1.807, 2.05) is 36.4 Å². The summed E-state index contributed by atoms with van der Waals surface area (Å²) < 4.78 is 43.5. The smallest absolute Gasteiger partial charge is 0.598 e. The molecule has 0 spiro atoms. The molecule has 2 heterocycles. The molecule has 214 valence electrons. The Morgan fingerprint density at radius 3 is 1.77 bits per heavy atom. The van der Waals surface area contributed by atoms with Crippen molar-refractivity contribution in [2.75, 3.05) is 0 Å². The second kappa shape index (κ2) is 10.2. The van der Waals surface area contributed by atoms with Crippen molar-refractivity contribution in [1.82, 2.24) is 0 Å². The maximum atomic E-state index is 15.6. The molecule has 6 rings (SSSR count). The van der Waals surface area contributed by atoms with E-state index in [9.17, 15) is 0 Å². The molecule has 0 saturated heterocycles. The van der Waals surface area contributed by atoms with E-state index in [0.29, 0.717) is 22.3 Å². The lowest BCUT2D eigenvalue weighted by Crippen LogP contribution is -2.65. The summed E-state index contributed by atoms with van der Waals surface area (Å²) in [6.45, 7) is 12.9. The number of oxazole rings is 1. The molecule has 0 atom stereocenters. The summed E-state index contributed by atoms with van der Waals surface area (Å²) in [5.41, 5.74) is 5.98. The predicted octanol–water partition coefficient (Wildman–Crippen LogP) is 8.40. The zero-order valence-corrected chi connectivity index (χ0v) is 25.2. The lowest BCUT2D eigenvalue weighted by molar-refractivity contribution is -0.546. The minimum absolute atomic E-state index is 0.00849. The summed E-state index contributed by atoms with van der Waals surface area (Å²) >= 11 is 0. The van der Waals surface area contributed by atoms with Gasteiger partial charge in [-0.15, -0.1) is 0 Å². The van der Waals surface area contributed by atoms with Crippen LogP contribution in [0.3, 0.4) is 0 Å². The quantitative estimate of drug-likeness (QED) is 0.138. The first-order valence-corrected chi connectivity index (χ1v) is 14.4. The molecule has 3 nitrogen and oxygen atoms in total. The highest BCUT2D eigenvalue weighted by molar-refractivity contribution is 6.51. The lowest BCUT2D eigenvalue weighted by Gasteiger charge is -2.27. The molecule has 0 unspecified atom stereocenters. The van der Waals surface area contributed by atoms with Crippen molar-refractivity contribution in [3.8, 4) is 40.9 Å². The molecular weight excluding hydrogens is 539 g/mol. The summed E-state index contributed by atoms with van der Waals surface area (Å²) in [7, 11) is -4.47. The Morgan fingerprint density at radius 2 is 1.19 bits per heavy atom. The second-order valence-electron chi connectivity index (χ2n) is 13.0. The van der Waals surface area contributed by atoms with Crippen molar-refractivity contribution in [2.24, 2.45) is 0 Å². The predicted molar refractivity (Wildman–Crippen MR) is 168 cm³/mol. The van der Waals surface area contributed by atoms with Crippen LogP contribution in [0, 0.1) is 23.7 Å². The first kappa shape index (κ1) is 28.3. The third kappa shape index (κ3) is 5.54. The number of benzene rings is 4. The Hall–Kier alpha value is -4.81. The molecule has 0 radical (unpaired) electrons. The van der Waals surface area contributed by atoms with Gasteiger partial charge in [-0.25, -0.2) is 0 Å². The average Bonchev–Trinajstić information content (AvgIpc) is 3.36. The van der Waals surface area contributed by atoms with Gasteiger partial charge in [0.2, 0.25) is 5.52 Å². The van der Waals surface area contributed by atoms with Gasteiger partial charge >= 0.3 is 12.9 Å². The van der Waals surface area contributed by atoms with Crippen LogP contribution in [0.2, 0.25) is 0 Å². The van der Waals surface area contributed by atoms with Crippen molar-refractivity contribution in [1.29, 1.82) is 0 Å². The molecular formula is C37H32BF2NO2. The number of nitrogens with zero attached hydrogens (tertiary/aromatic N) is 1. The fourth-order valence-electron chi connectivity index (χ4n) is 5.15. The topological polar surface area (TPSA) is 26.2 Å². The highest BCUT2D eigenvalue weighted by Crippen LogP contribution is 2.40. The van der Waals surface area contributed by atoms with E-state index in [1.165, 1.54) is 11.1 Å². The standard InChI is InChI=1S/C37H32BF2NO2/c1-36(2,3)29-19-14-25(15-20-29)11-12-27-23-28(18-13-26-16-21-30(22-17-26)37(4,5)6)34-31(24-27)35-41(38(39,40)43-34)32-9-7-8-10-33(32)42-35/h7-10,14-17,19-24H,1-6H3. The zero-order valence-electron chi connectivity index (χ0n) is 25.2. The molecule has 1 aliphatic heterocycles. The minimum Gasteiger partial charge on any atom is -0.598 e. The molecule has 1 aromatic heterocycles. The van der Waals surface area contributed by atoms with Crippen LogP contribution in [0.15, 0.2) is 89.3 Å². The number of hydrogen-bond acceptors (Lipinski definition) is 2. The van der Waals surface area contributed by atoms with Crippen molar-refractivity contribution in [3.05, 3.63) is 118 Å². The summed E-state index contributed by atoms with van der Waals surface area (Å²) in [5, 5.41) is 0. The van der Waals surface area contributed by atoms with Crippen LogP contribution in [0.5, 0.6) is 5.75 Å². The highest BCUT2D eigenvalue weighted by Gasteiger charge is 2.54. The van der Waals surface area contributed by atoms with Crippen LogP contribution in [0.4, 0.5) is 8.63 Å². The molecule has 0 fully saturated rings. The van der Waals surface area contributed by atoms with E-state index < -0.39 is 7.04 Å². The van der Waals surface area contributed by atoms with Gasteiger partial charge in [0.25, 0.3) is 0 Å². The van der Waals surface area contributed by atoms with Gasteiger partial charge < -0.3 is 17.7 Å². The number of fused-ring (bicyclic) bond motifs is 5. The van der Waals surface area contributed by atoms with Gasteiger partial charge in [-0.2, -0.15) is 0 Å². The van der Waals surface area contributed by atoms with Crippen LogP contribution < -0.4 is 9.13 Å². The zero-order chi connectivity index (χ0) is 30.6. The molecule has 0 bridgehead atoms. The first-order valence-electron chi connectivity index (χ1n) is 14.4. The average molecular weight is 571 g/mol. The lowest BCUT2D eigenvalue weighted by atomic mass is 9.87. The number of aromatic nitrogens is 1. The Morgan fingerprint density at radius 1 is 0.651 bits per heavy atom. The minimum atomic E-state index is -4.47. The number of rotatable bonds is 0. The number of hydrogen-bond donors (Lipinski definition) is 0. The van der Waals surface area contributed by atoms with Gasteiger partial charge in [0, 0.05) is 22.8 Å². The SMILES string of the molecule is CC(C)(C)c1ccc(C#Cc2cc(C#Cc3ccc(C(C)(C)C)cc3)c3c(c2)-c2oc4ccccc4[n+]2[B-](F)(F)O3)cc1. The van der Waals surface area contributed by atoms with Crippen molar-refractivity contribution >= 4 is 18.1 Å². The molecule has 6 heteroatoms. The largest absolute Gasteiger partial charge is 0.837 e. The molecule has 5 aromatic rings. The summed E-state index contributed by atoms with van der Waals surface area (Å²) in [6.07, 6.45) is 0. The van der Waals surface area contributed by atoms with Gasteiger partial charge in [0.1, 0.15) is 11.3 Å². The molecule has 0 aliphatic carbocycles. The van der Waals surface area contributed by atoms with Gasteiger partial charge in [-0.1, -0.05) is 102 Å². The van der Waals surface area contributed by atoms with Crippen molar-refractivity contribution in [3.63, 3.8) is 0 Å². The third-order valence-corrected chi connectivity index (χ3v) is 7.62. The fourth-order valence-corrected chi connectivity index (χ4v) is 5.15. The van der Waals surface area contributed by atoms with E-state index >= 15 is 8.63 Å². The van der Waals surface area contributed by atoms with Crippen LogP contribution in [-0.2, 0) is 10.8 Å². The Bertz CT molecular complexity index is 1990. The van der Waals surface area contributed by atoms with Crippen molar-refractivity contribution in [2.45, 2.75) is 52.4 Å². The van der Waals surface area contributed by atoms with Gasteiger partial charge in [0.15, 0.2) is 5.58 Å². The van der Waals surface area contributed by atoms with Crippen LogP contribution in [-0.4, -0.2) is 7.04 Å². The highest BCUT2D eigenvalue weighted by atomic mass is 19.3. The molecule has 0 saturated carbocycles. The van der Waals surface area contributed by atoms with Gasteiger partial charge in [-0.05, 0) is 64.4 Å². The molecule has 43 heavy (non-hydrogen) atoms. The summed E-state index contributed by atoms with van der Waals surface area (Å²) in [6, 6.07) is 26.2. The Kier molecular flexibility index (Phi) is 6.70. The van der Waals surface area contributed by atoms with E-state index in [0.717, 1.165) is 15.6 Å². The summed E-state index contributed by atoms with van der Waals surface area (Å²) in [4.78, 5) is 0. The van der Waals surface area contributed by atoms with Crippen LogP contribution >= 0.6 is 0 Å². The molecule has 4 aromatic carbocycles. The van der Waals surface area contributed by atoms with E-state index in [1.54, 1.807) is 36.4 Å². The monoisotopic (exact) mass is 571 g/mol. The maximum Gasteiger partial charge on any atom is 0.837 e. The first-order chi connectivity index (χ1) is 20.3. The number of para-hydroxylation sites is 2. The van der Waals surface area contributed by atoms with Gasteiger partial charge in [-0.3, -0.25) is 4.48 Å². The molecule has 0 N–H and O–H groups in total.